The number of fused-ring (bicyclic) bond motifs is 2. The first-order valence-electron chi connectivity index (χ1n) is 10.6. The van der Waals surface area contributed by atoms with E-state index in [-0.39, 0.29) is 16.9 Å². The molecular formula is C23H26N2O4S. The quantitative estimate of drug-likeness (QED) is 0.711. The van der Waals surface area contributed by atoms with Gasteiger partial charge in [0.25, 0.3) is 10.0 Å². The molecule has 6 nitrogen and oxygen atoms in total. The van der Waals surface area contributed by atoms with Crippen molar-refractivity contribution in [2.45, 2.75) is 68.3 Å². The van der Waals surface area contributed by atoms with Crippen molar-refractivity contribution in [3.63, 3.8) is 0 Å². The lowest BCUT2D eigenvalue weighted by atomic mass is 9.65. The maximum atomic E-state index is 13.2. The highest BCUT2D eigenvalue weighted by Gasteiger charge is 2.52. The number of carbonyl (C=O) groups is 1. The molecule has 0 bridgehead atoms. The Morgan fingerprint density at radius 1 is 1.17 bits per heavy atom. The van der Waals surface area contributed by atoms with Gasteiger partial charge in [0, 0.05) is 11.4 Å². The minimum Gasteiger partial charge on any atom is -0.490 e. The second-order valence-electron chi connectivity index (χ2n) is 8.87. The van der Waals surface area contributed by atoms with E-state index < -0.39 is 15.4 Å². The maximum absolute atomic E-state index is 13.2. The molecule has 1 spiro atoms. The van der Waals surface area contributed by atoms with Crippen molar-refractivity contribution in [2.24, 2.45) is 0 Å². The molecule has 2 fully saturated rings. The smallest absolute Gasteiger partial charge is 0.265 e. The number of anilines is 2. The first-order chi connectivity index (χ1) is 14.3. The molecule has 1 amide bonds. The van der Waals surface area contributed by atoms with E-state index in [2.05, 4.69) is 10.0 Å². The standard InChI is InChI=1S/C23H26N2O4S/c1-14(2)29-19-6-3-4-7-20(19)30(27,28)25-16-12-17(15-8-9-15)21-18(13-16)23(10-5-11-23)22(26)24-21/h3-4,6-7,12-15,25H,5,8-11H2,1-2H3,(H,24,26). The molecule has 2 aromatic rings. The first-order valence-corrected chi connectivity index (χ1v) is 12.1. The fourth-order valence-corrected chi connectivity index (χ4v) is 5.75. The van der Waals surface area contributed by atoms with Crippen LogP contribution in [0.3, 0.4) is 0 Å². The number of hydrogen-bond donors (Lipinski definition) is 2. The summed E-state index contributed by atoms with van der Waals surface area (Å²) in [6, 6.07) is 10.4. The molecule has 1 heterocycles. The first kappa shape index (κ1) is 19.4. The monoisotopic (exact) mass is 426 g/mol. The molecule has 0 saturated heterocycles. The van der Waals surface area contributed by atoms with Gasteiger partial charge in [0.2, 0.25) is 5.91 Å². The highest BCUT2D eigenvalue weighted by atomic mass is 32.2. The van der Waals surface area contributed by atoms with Crippen molar-refractivity contribution >= 4 is 27.3 Å². The van der Waals surface area contributed by atoms with Crippen molar-refractivity contribution in [2.75, 3.05) is 10.0 Å². The summed E-state index contributed by atoms with van der Waals surface area (Å²) in [7, 11) is -3.85. The maximum Gasteiger partial charge on any atom is 0.265 e. The molecular weight excluding hydrogens is 400 g/mol. The van der Waals surface area contributed by atoms with Crippen molar-refractivity contribution in [1.29, 1.82) is 0 Å². The predicted molar refractivity (Wildman–Crippen MR) is 116 cm³/mol. The van der Waals surface area contributed by atoms with Gasteiger partial charge in [-0.3, -0.25) is 9.52 Å². The van der Waals surface area contributed by atoms with Crippen molar-refractivity contribution in [3.8, 4) is 5.75 Å². The van der Waals surface area contributed by atoms with Gasteiger partial charge in [0.1, 0.15) is 10.6 Å². The molecule has 3 aliphatic rings. The topological polar surface area (TPSA) is 84.5 Å². The number of sulfonamides is 1. The Balaban J connectivity index is 1.55. The number of hydrogen-bond acceptors (Lipinski definition) is 4. The number of ether oxygens (including phenoxy) is 1. The lowest BCUT2D eigenvalue weighted by Gasteiger charge is -2.36. The molecule has 30 heavy (non-hydrogen) atoms. The van der Waals surface area contributed by atoms with Crippen LogP contribution in [-0.2, 0) is 20.2 Å². The molecule has 0 unspecified atom stereocenters. The van der Waals surface area contributed by atoms with Crippen LogP contribution in [0, 0.1) is 0 Å². The minimum atomic E-state index is -3.85. The van der Waals surface area contributed by atoms with E-state index in [4.69, 9.17) is 4.74 Å². The molecule has 2 aliphatic carbocycles. The third-order valence-corrected chi connectivity index (χ3v) is 7.76. The van der Waals surface area contributed by atoms with E-state index in [0.717, 1.165) is 48.9 Å². The van der Waals surface area contributed by atoms with Gasteiger partial charge in [-0.2, -0.15) is 0 Å². The fraction of sp³-hybridized carbons (Fsp3) is 0.435. The number of carbonyl (C=O) groups excluding carboxylic acids is 1. The molecule has 2 saturated carbocycles. The third-order valence-electron chi connectivity index (χ3n) is 6.34. The molecule has 0 radical (unpaired) electrons. The van der Waals surface area contributed by atoms with Crippen LogP contribution in [0.2, 0.25) is 0 Å². The third kappa shape index (κ3) is 3.07. The highest BCUT2D eigenvalue weighted by Crippen LogP contribution is 2.56. The Kier molecular flexibility index (Phi) is 4.36. The number of benzene rings is 2. The van der Waals surface area contributed by atoms with Crippen LogP contribution >= 0.6 is 0 Å². The van der Waals surface area contributed by atoms with E-state index in [1.807, 2.05) is 26.0 Å². The average Bonchev–Trinajstić information content (AvgIpc) is 3.42. The Morgan fingerprint density at radius 2 is 1.90 bits per heavy atom. The van der Waals surface area contributed by atoms with Crippen molar-refractivity contribution < 1.29 is 17.9 Å². The van der Waals surface area contributed by atoms with Gasteiger partial charge in [-0.25, -0.2) is 8.42 Å². The van der Waals surface area contributed by atoms with Gasteiger partial charge < -0.3 is 10.1 Å². The van der Waals surface area contributed by atoms with Crippen LogP contribution in [0.4, 0.5) is 11.4 Å². The molecule has 2 N–H and O–H groups in total. The second kappa shape index (κ2) is 6.74. The van der Waals surface area contributed by atoms with Crippen LogP contribution in [-0.4, -0.2) is 20.4 Å². The van der Waals surface area contributed by atoms with E-state index in [0.29, 0.717) is 17.4 Å². The van der Waals surface area contributed by atoms with E-state index in [1.165, 1.54) is 0 Å². The number of nitrogens with one attached hydrogen (secondary N) is 2. The summed E-state index contributed by atoms with van der Waals surface area (Å²) in [6.45, 7) is 3.72. The van der Waals surface area contributed by atoms with E-state index >= 15 is 0 Å². The van der Waals surface area contributed by atoms with Gasteiger partial charge in [-0.05, 0) is 80.8 Å². The molecule has 158 valence electrons. The fourth-order valence-electron chi connectivity index (χ4n) is 4.57. The molecule has 7 heteroatoms. The zero-order valence-electron chi connectivity index (χ0n) is 17.2. The Morgan fingerprint density at radius 3 is 2.53 bits per heavy atom. The van der Waals surface area contributed by atoms with E-state index in [9.17, 15) is 13.2 Å². The van der Waals surface area contributed by atoms with E-state index in [1.54, 1.807) is 24.3 Å². The molecule has 5 rings (SSSR count). The molecule has 0 atom stereocenters. The summed E-state index contributed by atoms with van der Waals surface area (Å²) in [5.74, 6) is 0.771. The number of para-hydroxylation sites is 1. The summed E-state index contributed by atoms with van der Waals surface area (Å²) in [6.07, 6.45) is 4.64. The zero-order valence-corrected chi connectivity index (χ0v) is 18.0. The average molecular weight is 427 g/mol. The summed E-state index contributed by atoms with van der Waals surface area (Å²) in [4.78, 5) is 12.8. The van der Waals surface area contributed by atoms with Crippen molar-refractivity contribution in [3.05, 3.63) is 47.5 Å². The predicted octanol–water partition coefficient (Wildman–Crippen LogP) is 4.53. The zero-order chi connectivity index (χ0) is 21.1. The van der Waals surface area contributed by atoms with Crippen LogP contribution in [0.15, 0.2) is 41.3 Å². The number of rotatable bonds is 6. The van der Waals surface area contributed by atoms with Crippen LogP contribution in [0.25, 0.3) is 0 Å². The van der Waals surface area contributed by atoms with Crippen molar-refractivity contribution in [1.82, 2.24) is 0 Å². The second-order valence-corrected chi connectivity index (χ2v) is 10.5. The summed E-state index contributed by atoms with van der Waals surface area (Å²) in [5, 5.41) is 3.10. The summed E-state index contributed by atoms with van der Waals surface area (Å²) >= 11 is 0. The Bertz CT molecular complexity index is 1130. The van der Waals surface area contributed by atoms with Crippen LogP contribution in [0.5, 0.6) is 5.75 Å². The molecule has 0 aromatic heterocycles. The highest BCUT2D eigenvalue weighted by molar-refractivity contribution is 7.92. The lowest BCUT2D eigenvalue weighted by molar-refractivity contribution is -0.123. The Hall–Kier alpha value is -2.54. The summed E-state index contributed by atoms with van der Waals surface area (Å²) in [5.41, 5.74) is 2.94. The van der Waals surface area contributed by atoms with Crippen LogP contribution in [0.1, 0.15) is 63.0 Å². The van der Waals surface area contributed by atoms with Gasteiger partial charge in [0.15, 0.2) is 0 Å². The molecule has 1 aliphatic heterocycles. The SMILES string of the molecule is CC(C)Oc1ccccc1S(=O)(=O)Nc1cc(C2CC2)c2c(c1)C1(CCC1)C(=O)N2. The van der Waals surface area contributed by atoms with Crippen LogP contribution < -0.4 is 14.8 Å². The summed E-state index contributed by atoms with van der Waals surface area (Å²) < 4.78 is 34.9. The lowest BCUT2D eigenvalue weighted by Crippen LogP contribution is -2.40. The molecule has 2 aromatic carbocycles. The van der Waals surface area contributed by atoms with Gasteiger partial charge >= 0.3 is 0 Å². The van der Waals surface area contributed by atoms with Gasteiger partial charge in [-0.1, -0.05) is 18.6 Å². The largest absolute Gasteiger partial charge is 0.490 e. The van der Waals surface area contributed by atoms with Gasteiger partial charge in [-0.15, -0.1) is 0 Å². The van der Waals surface area contributed by atoms with Gasteiger partial charge in [0.05, 0.1) is 11.5 Å². The Labute approximate surface area is 177 Å². The minimum absolute atomic E-state index is 0.0568. The number of amides is 1. The normalized spacial score (nSPS) is 19.4.